The van der Waals surface area contributed by atoms with E-state index in [2.05, 4.69) is 34.3 Å². The van der Waals surface area contributed by atoms with Gasteiger partial charge in [-0.05, 0) is 43.0 Å². The van der Waals surface area contributed by atoms with Crippen LogP contribution in [0.25, 0.3) is 0 Å². The second-order valence-corrected chi connectivity index (χ2v) is 6.23. The van der Waals surface area contributed by atoms with E-state index in [9.17, 15) is 0 Å². The minimum atomic E-state index is 0.561. The molecule has 3 aliphatic heterocycles. The molecule has 19 heavy (non-hydrogen) atoms. The molecule has 1 atom stereocenters. The van der Waals surface area contributed by atoms with Gasteiger partial charge in [0.15, 0.2) is 0 Å². The van der Waals surface area contributed by atoms with Crippen molar-refractivity contribution in [3.63, 3.8) is 0 Å². The van der Waals surface area contributed by atoms with E-state index in [0.29, 0.717) is 6.04 Å². The van der Waals surface area contributed by atoms with Crippen LogP contribution in [0.4, 0.5) is 5.69 Å². The van der Waals surface area contributed by atoms with Crippen molar-refractivity contribution in [3.05, 3.63) is 28.8 Å². The van der Waals surface area contributed by atoms with Crippen LogP contribution in [0.5, 0.6) is 0 Å². The van der Waals surface area contributed by atoms with E-state index in [1.807, 2.05) is 0 Å². The molecule has 0 amide bonds. The first-order chi connectivity index (χ1) is 9.33. The number of piperazine rings is 1. The number of likely N-dealkylation sites (N-methyl/N-ethyl adjacent to an activating group) is 1. The normalized spacial score (nSPS) is 26.6. The first-order valence-electron chi connectivity index (χ1n) is 7.64. The summed E-state index contributed by atoms with van der Waals surface area (Å²) in [5, 5.41) is 3.54. The van der Waals surface area contributed by atoms with Crippen LogP contribution < -0.4 is 10.2 Å². The highest BCUT2D eigenvalue weighted by Crippen LogP contribution is 2.38. The fraction of sp³-hybridized carbons (Fsp3) is 0.625. The molecule has 0 aromatic heterocycles. The maximum Gasteiger partial charge on any atom is 0.0470 e. The van der Waals surface area contributed by atoms with Gasteiger partial charge < -0.3 is 10.2 Å². The molecular formula is C16H23N3. The number of rotatable bonds is 1. The van der Waals surface area contributed by atoms with E-state index >= 15 is 0 Å². The predicted molar refractivity (Wildman–Crippen MR) is 78.9 cm³/mol. The molecule has 3 heterocycles. The number of hydrogen-bond acceptors (Lipinski definition) is 3. The highest BCUT2D eigenvalue weighted by molar-refractivity contribution is 5.66. The molecule has 4 rings (SSSR count). The highest BCUT2D eigenvalue weighted by Gasteiger charge is 2.28. The van der Waals surface area contributed by atoms with E-state index in [1.165, 1.54) is 37.9 Å². The van der Waals surface area contributed by atoms with Gasteiger partial charge in [0.1, 0.15) is 0 Å². The SMILES string of the molecule is CN1CCNCC1c1cc2c3c(c1)CCN3CCC2. The van der Waals surface area contributed by atoms with Crippen molar-refractivity contribution in [3.8, 4) is 0 Å². The van der Waals surface area contributed by atoms with Crippen LogP contribution in [-0.4, -0.2) is 44.7 Å². The lowest BCUT2D eigenvalue weighted by molar-refractivity contribution is 0.202. The van der Waals surface area contributed by atoms with Gasteiger partial charge in [-0.25, -0.2) is 0 Å². The van der Waals surface area contributed by atoms with Crippen LogP contribution in [-0.2, 0) is 12.8 Å². The molecule has 1 aromatic carbocycles. The average molecular weight is 257 g/mol. The van der Waals surface area contributed by atoms with Crippen molar-refractivity contribution >= 4 is 5.69 Å². The van der Waals surface area contributed by atoms with E-state index in [-0.39, 0.29) is 0 Å². The van der Waals surface area contributed by atoms with Gasteiger partial charge in [-0.2, -0.15) is 0 Å². The minimum absolute atomic E-state index is 0.561. The molecule has 3 heteroatoms. The van der Waals surface area contributed by atoms with Gasteiger partial charge in [-0.15, -0.1) is 0 Å². The largest absolute Gasteiger partial charge is 0.371 e. The highest BCUT2D eigenvalue weighted by atomic mass is 15.2. The molecule has 1 unspecified atom stereocenters. The number of anilines is 1. The lowest BCUT2D eigenvalue weighted by atomic mass is 9.93. The fourth-order valence-corrected chi connectivity index (χ4v) is 4.00. The molecule has 0 saturated carbocycles. The lowest BCUT2D eigenvalue weighted by Gasteiger charge is -2.35. The van der Waals surface area contributed by atoms with Crippen LogP contribution >= 0.6 is 0 Å². The second kappa shape index (κ2) is 4.50. The molecule has 1 N–H and O–H groups in total. The third-order valence-electron chi connectivity index (χ3n) is 5.03. The Balaban J connectivity index is 1.74. The zero-order valence-electron chi connectivity index (χ0n) is 11.8. The summed E-state index contributed by atoms with van der Waals surface area (Å²) in [4.78, 5) is 5.10. The summed E-state index contributed by atoms with van der Waals surface area (Å²) in [7, 11) is 2.26. The molecule has 1 fully saturated rings. The molecule has 1 saturated heterocycles. The van der Waals surface area contributed by atoms with Gasteiger partial charge in [0.05, 0.1) is 0 Å². The summed E-state index contributed by atoms with van der Waals surface area (Å²) in [6.45, 7) is 5.88. The molecule has 102 valence electrons. The third-order valence-corrected chi connectivity index (χ3v) is 5.03. The summed E-state index contributed by atoms with van der Waals surface area (Å²) in [5.41, 5.74) is 6.33. The van der Waals surface area contributed by atoms with Crippen molar-refractivity contribution in [2.75, 3.05) is 44.7 Å². The zero-order valence-corrected chi connectivity index (χ0v) is 11.8. The Morgan fingerprint density at radius 1 is 1.11 bits per heavy atom. The summed E-state index contributed by atoms with van der Waals surface area (Å²) in [5.74, 6) is 0. The Morgan fingerprint density at radius 3 is 2.79 bits per heavy atom. The number of nitrogens with one attached hydrogen (secondary N) is 1. The van der Waals surface area contributed by atoms with E-state index < -0.39 is 0 Å². The first-order valence-corrected chi connectivity index (χ1v) is 7.64. The Kier molecular flexibility index (Phi) is 2.78. The molecule has 3 aliphatic rings. The van der Waals surface area contributed by atoms with Gasteiger partial charge >= 0.3 is 0 Å². The van der Waals surface area contributed by atoms with Crippen molar-refractivity contribution < 1.29 is 0 Å². The maximum absolute atomic E-state index is 3.54. The summed E-state index contributed by atoms with van der Waals surface area (Å²) >= 11 is 0. The smallest absolute Gasteiger partial charge is 0.0470 e. The molecule has 0 spiro atoms. The van der Waals surface area contributed by atoms with E-state index in [4.69, 9.17) is 0 Å². The van der Waals surface area contributed by atoms with Gasteiger partial charge in [0, 0.05) is 44.5 Å². The summed E-state index contributed by atoms with van der Waals surface area (Å²) in [6.07, 6.45) is 3.85. The van der Waals surface area contributed by atoms with Crippen LogP contribution in [0.15, 0.2) is 12.1 Å². The zero-order chi connectivity index (χ0) is 12.8. The van der Waals surface area contributed by atoms with Crippen LogP contribution in [0.3, 0.4) is 0 Å². The maximum atomic E-state index is 3.54. The average Bonchev–Trinajstić information content (AvgIpc) is 2.84. The van der Waals surface area contributed by atoms with Crippen molar-refractivity contribution in [2.45, 2.75) is 25.3 Å². The Bertz CT molecular complexity index is 497. The standard InChI is InChI=1S/C16H23N3/c1-18-8-5-17-11-15(18)14-9-12-3-2-6-19-7-4-13(10-14)16(12)19/h9-10,15,17H,2-8,11H2,1H3. The molecule has 0 aliphatic carbocycles. The number of nitrogens with zero attached hydrogens (tertiary/aromatic N) is 2. The van der Waals surface area contributed by atoms with Crippen molar-refractivity contribution in [1.29, 1.82) is 0 Å². The molecular weight excluding hydrogens is 234 g/mol. The van der Waals surface area contributed by atoms with E-state index in [0.717, 1.165) is 19.6 Å². The summed E-state index contributed by atoms with van der Waals surface area (Å²) < 4.78 is 0. The lowest BCUT2D eigenvalue weighted by Crippen LogP contribution is -2.43. The quantitative estimate of drug-likeness (QED) is 0.824. The van der Waals surface area contributed by atoms with Crippen molar-refractivity contribution in [1.82, 2.24) is 10.2 Å². The Labute approximate surface area is 115 Å². The monoisotopic (exact) mass is 257 g/mol. The number of hydrogen-bond donors (Lipinski definition) is 1. The van der Waals surface area contributed by atoms with Crippen LogP contribution in [0, 0.1) is 0 Å². The topological polar surface area (TPSA) is 18.5 Å². The predicted octanol–water partition coefficient (Wildman–Crippen LogP) is 1.57. The Hall–Kier alpha value is -1.06. The first kappa shape index (κ1) is 11.7. The van der Waals surface area contributed by atoms with Crippen LogP contribution in [0.1, 0.15) is 29.2 Å². The van der Waals surface area contributed by atoms with Crippen molar-refractivity contribution in [2.24, 2.45) is 0 Å². The molecule has 3 nitrogen and oxygen atoms in total. The Morgan fingerprint density at radius 2 is 1.95 bits per heavy atom. The summed E-state index contributed by atoms with van der Waals surface area (Å²) in [6, 6.07) is 5.54. The van der Waals surface area contributed by atoms with Gasteiger partial charge in [-0.1, -0.05) is 12.1 Å². The van der Waals surface area contributed by atoms with E-state index in [1.54, 1.807) is 16.8 Å². The van der Waals surface area contributed by atoms with Gasteiger partial charge in [0.2, 0.25) is 0 Å². The number of aryl methyl sites for hydroxylation is 1. The fourth-order valence-electron chi connectivity index (χ4n) is 4.00. The molecule has 0 radical (unpaired) electrons. The minimum Gasteiger partial charge on any atom is -0.371 e. The third kappa shape index (κ3) is 1.87. The number of benzene rings is 1. The van der Waals surface area contributed by atoms with Gasteiger partial charge in [-0.3, -0.25) is 4.90 Å². The molecule has 1 aromatic rings. The second-order valence-electron chi connectivity index (χ2n) is 6.23. The van der Waals surface area contributed by atoms with Crippen LogP contribution in [0.2, 0.25) is 0 Å². The van der Waals surface area contributed by atoms with Gasteiger partial charge in [0.25, 0.3) is 0 Å². The molecule has 0 bridgehead atoms.